The van der Waals surface area contributed by atoms with E-state index < -0.39 is 34.2 Å². The highest BCUT2D eigenvalue weighted by molar-refractivity contribution is 7.92. The molecule has 1 amide bonds. The van der Waals surface area contributed by atoms with Crippen molar-refractivity contribution in [2.24, 2.45) is 0 Å². The molecule has 7 nitrogen and oxygen atoms in total. The van der Waals surface area contributed by atoms with Gasteiger partial charge < -0.3 is 0 Å². The number of sulfonamides is 1. The van der Waals surface area contributed by atoms with Crippen molar-refractivity contribution in [3.63, 3.8) is 0 Å². The van der Waals surface area contributed by atoms with E-state index in [2.05, 4.69) is 15.5 Å². The number of hydrogen-bond donors (Lipinski definition) is 1. The lowest BCUT2D eigenvalue weighted by molar-refractivity contribution is -0.137. The first kappa shape index (κ1) is 23.0. The zero-order chi connectivity index (χ0) is 22.8. The van der Waals surface area contributed by atoms with Crippen molar-refractivity contribution in [3.8, 4) is 10.6 Å². The molecule has 31 heavy (non-hydrogen) atoms. The molecule has 0 aliphatic heterocycles. The van der Waals surface area contributed by atoms with E-state index in [1.807, 2.05) is 0 Å². The first-order valence-corrected chi connectivity index (χ1v) is 11.5. The summed E-state index contributed by atoms with van der Waals surface area (Å²) in [6, 6.07) is 10.5. The molecule has 164 valence electrons. The van der Waals surface area contributed by atoms with Gasteiger partial charge in [-0.2, -0.15) is 13.2 Å². The summed E-state index contributed by atoms with van der Waals surface area (Å²) in [4.78, 5) is 12.4. The van der Waals surface area contributed by atoms with Crippen LogP contribution in [0, 0.1) is 0 Å². The highest BCUT2D eigenvalue weighted by atomic mass is 35.5. The third kappa shape index (κ3) is 5.93. The number of aromatic nitrogens is 2. The molecular weight excluding hydrogens is 477 g/mol. The average Bonchev–Trinajstić information content (AvgIpc) is 3.13. The van der Waals surface area contributed by atoms with Crippen LogP contribution in [0.1, 0.15) is 5.56 Å². The Morgan fingerprint density at radius 1 is 1.16 bits per heavy atom. The fraction of sp³-hybridized carbons (Fsp3) is 0.167. The molecule has 1 N–H and O–H groups in total. The van der Waals surface area contributed by atoms with Crippen molar-refractivity contribution < 1.29 is 26.4 Å². The zero-order valence-corrected chi connectivity index (χ0v) is 18.1. The molecule has 0 unspecified atom stereocenters. The first-order valence-electron chi connectivity index (χ1n) is 8.48. The quantitative estimate of drug-likeness (QED) is 0.556. The first-order chi connectivity index (χ1) is 14.4. The number of hydrogen-bond acceptors (Lipinski definition) is 6. The number of nitrogens with one attached hydrogen (secondary N) is 1. The smallest absolute Gasteiger partial charge is 0.299 e. The normalized spacial score (nSPS) is 11.9. The van der Waals surface area contributed by atoms with Gasteiger partial charge in [-0.05, 0) is 30.3 Å². The predicted octanol–water partition coefficient (Wildman–Crippen LogP) is 4.28. The molecule has 0 bridgehead atoms. The van der Waals surface area contributed by atoms with Crippen LogP contribution in [-0.2, 0) is 21.0 Å². The van der Waals surface area contributed by atoms with E-state index in [1.54, 1.807) is 24.3 Å². The topological polar surface area (TPSA) is 92.3 Å². The van der Waals surface area contributed by atoms with Crippen molar-refractivity contribution in [1.29, 1.82) is 0 Å². The third-order valence-electron chi connectivity index (χ3n) is 3.91. The standard InChI is InChI=1S/C18H14ClF3N4O3S2/c1-31(28,29)26(14-4-2-3-12(9-14)18(20,21)22)10-15(27)23-17-25-24-16(30-17)11-5-7-13(19)8-6-11/h2-9H,10H2,1H3,(H,23,25,27). The Morgan fingerprint density at radius 3 is 2.45 bits per heavy atom. The molecule has 13 heteroatoms. The minimum Gasteiger partial charge on any atom is -0.299 e. The largest absolute Gasteiger partial charge is 0.416 e. The molecule has 1 heterocycles. The number of carbonyl (C=O) groups excluding carboxylic acids is 1. The fourth-order valence-electron chi connectivity index (χ4n) is 2.51. The maximum absolute atomic E-state index is 13.0. The van der Waals surface area contributed by atoms with Gasteiger partial charge in [0.2, 0.25) is 21.1 Å². The van der Waals surface area contributed by atoms with E-state index >= 15 is 0 Å². The van der Waals surface area contributed by atoms with Crippen LogP contribution in [0.5, 0.6) is 0 Å². The van der Waals surface area contributed by atoms with Gasteiger partial charge in [-0.1, -0.05) is 41.1 Å². The van der Waals surface area contributed by atoms with E-state index in [1.165, 1.54) is 6.07 Å². The van der Waals surface area contributed by atoms with Gasteiger partial charge in [-0.15, -0.1) is 10.2 Å². The zero-order valence-electron chi connectivity index (χ0n) is 15.7. The Hall–Kier alpha value is -2.70. The summed E-state index contributed by atoms with van der Waals surface area (Å²) in [5, 5.41) is 11.3. The number of benzene rings is 2. The second kappa shape index (κ2) is 8.81. The summed E-state index contributed by atoms with van der Waals surface area (Å²) in [7, 11) is -4.05. The average molecular weight is 491 g/mol. The number of rotatable bonds is 6. The second-order valence-corrected chi connectivity index (χ2v) is 9.61. The van der Waals surface area contributed by atoms with Crippen LogP contribution in [0.3, 0.4) is 0 Å². The van der Waals surface area contributed by atoms with E-state index in [-0.39, 0.29) is 10.8 Å². The number of amides is 1. The second-order valence-electron chi connectivity index (χ2n) is 6.29. The molecule has 0 radical (unpaired) electrons. The van der Waals surface area contributed by atoms with Crippen LogP contribution >= 0.6 is 22.9 Å². The van der Waals surface area contributed by atoms with E-state index in [0.717, 1.165) is 29.7 Å². The van der Waals surface area contributed by atoms with Gasteiger partial charge in [-0.3, -0.25) is 14.4 Å². The molecule has 0 aliphatic carbocycles. The molecular formula is C18H14ClF3N4O3S2. The highest BCUT2D eigenvalue weighted by Gasteiger charge is 2.32. The Labute approximate surface area is 184 Å². The maximum atomic E-state index is 13.0. The summed E-state index contributed by atoms with van der Waals surface area (Å²) in [6.07, 6.45) is -3.86. The van der Waals surface area contributed by atoms with Gasteiger partial charge in [-0.25, -0.2) is 8.42 Å². The molecule has 0 saturated heterocycles. The number of nitrogens with zero attached hydrogens (tertiary/aromatic N) is 3. The lowest BCUT2D eigenvalue weighted by Crippen LogP contribution is -2.37. The lowest BCUT2D eigenvalue weighted by Gasteiger charge is -2.22. The summed E-state index contributed by atoms with van der Waals surface area (Å²) < 4.78 is 63.8. The Bertz CT molecular complexity index is 1200. The van der Waals surface area contributed by atoms with Crippen molar-refractivity contribution in [2.75, 3.05) is 22.4 Å². The number of anilines is 2. The van der Waals surface area contributed by atoms with Gasteiger partial charge in [0.05, 0.1) is 17.5 Å². The van der Waals surface area contributed by atoms with E-state index in [4.69, 9.17) is 11.6 Å². The molecule has 0 spiro atoms. The number of carbonyl (C=O) groups is 1. The molecule has 3 aromatic rings. The van der Waals surface area contributed by atoms with Crippen LogP contribution in [0.15, 0.2) is 48.5 Å². The van der Waals surface area contributed by atoms with Crippen molar-refractivity contribution in [3.05, 3.63) is 59.1 Å². The number of halogens is 4. The maximum Gasteiger partial charge on any atom is 0.416 e. The summed E-state index contributed by atoms with van der Waals surface area (Å²) >= 11 is 6.88. The summed E-state index contributed by atoms with van der Waals surface area (Å²) in [5.74, 6) is -0.790. The van der Waals surface area contributed by atoms with E-state index in [0.29, 0.717) is 26.0 Å². The van der Waals surface area contributed by atoms with Crippen LogP contribution < -0.4 is 9.62 Å². The number of alkyl halides is 3. The Kier molecular flexibility index (Phi) is 6.53. The third-order valence-corrected chi connectivity index (χ3v) is 6.19. The molecule has 2 aromatic carbocycles. The lowest BCUT2D eigenvalue weighted by atomic mass is 10.2. The minimum absolute atomic E-state index is 0.104. The minimum atomic E-state index is -4.66. The van der Waals surface area contributed by atoms with Gasteiger partial charge in [0.25, 0.3) is 0 Å². The fourth-order valence-corrected chi connectivity index (χ4v) is 4.25. The van der Waals surface area contributed by atoms with Crippen LogP contribution in [-0.4, -0.2) is 37.3 Å². The van der Waals surface area contributed by atoms with Crippen LogP contribution in [0.2, 0.25) is 5.02 Å². The van der Waals surface area contributed by atoms with Gasteiger partial charge >= 0.3 is 6.18 Å². The highest BCUT2D eigenvalue weighted by Crippen LogP contribution is 2.32. The van der Waals surface area contributed by atoms with Gasteiger partial charge in [0, 0.05) is 10.6 Å². The molecule has 0 aliphatic rings. The summed E-state index contributed by atoms with van der Waals surface area (Å²) in [6.45, 7) is -0.740. The molecule has 0 atom stereocenters. The van der Waals surface area contributed by atoms with Gasteiger partial charge in [0.15, 0.2) is 0 Å². The molecule has 0 fully saturated rings. The SMILES string of the molecule is CS(=O)(=O)N(CC(=O)Nc1nnc(-c2ccc(Cl)cc2)s1)c1cccc(C(F)(F)F)c1. The van der Waals surface area contributed by atoms with Crippen molar-refractivity contribution in [1.82, 2.24) is 10.2 Å². The Balaban J connectivity index is 1.78. The van der Waals surface area contributed by atoms with Crippen molar-refractivity contribution in [2.45, 2.75) is 6.18 Å². The Morgan fingerprint density at radius 2 is 1.84 bits per heavy atom. The van der Waals surface area contributed by atoms with E-state index in [9.17, 15) is 26.4 Å². The van der Waals surface area contributed by atoms with Crippen LogP contribution in [0.25, 0.3) is 10.6 Å². The molecule has 3 rings (SSSR count). The molecule has 1 aromatic heterocycles. The molecule has 0 saturated carbocycles. The van der Waals surface area contributed by atoms with Crippen molar-refractivity contribution >= 4 is 49.7 Å². The predicted molar refractivity (Wildman–Crippen MR) is 113 cm³/mol. The monoisotopic (exact) mass is 490 g/mol. The van der Waals surface area contributed by atoms with Gasteiger partial charge in [0.1, 0.15) is 11.6 Å². The summed E-state index contributed by atoms with van der Waals surface area (Å²) in [5.41, 5.74) is -0.605. The van der Waals surface area contributed by atoms with Crippen LogP contribution in [0.4, 0.5) is 24.0 Å².